The van der Waals surface area contributed by atoms with Crippen molar-refractivity contribution in [3.8, 4) is 0 Å². The van der Waals surface area contributed by atoms with E-state index in [1.54, 1.807) is 23.5 Å². The highest BCUT2D eigenvalue weighted by Gasteiger charge is 1.93. The quantitative estimate of drug-likeness (QED) is 0.741. The predicted octanol–water partition coefficient (Wildman–Crippen LogP) is 4.82. The van der Waals surface area contributed by atoms with Crippen LogP contribution in [0.15, 0.2) is 40.2 Å². The highest BCUT2D eigenvalue weighted by atomic mass is 79.9. The van der Waals surface area contributed by atoms with E-state index in [0.29, 0.717) is 0 Å². The largest absolute Gasteiger partial charge is 0.207 e. The van der Waals surface area contributed by atoms with Crippen molar-refractivity contribution in [2.45, 2.75) is 0 Å². The van der Waals surface area contributed by atoms with E-state index in [1.807, 2.05) is 24.3 Å². The van der Waals surface area contributed by atoms with Gasteiger partial charge >= 0.3 is 0 Å². The molecule has 1 aromatic carbocycles. The average Bonchev–Trinajstić information content (AvgIpc) is 2.64. The summed E-state index contributed by atoms with van der Waals surface area (Å²) in [6.07, 6.45) is 3.99. The molecule has 0 unspecified atom stereocenters. The molecule has 0 aliphatic carbocycles. The fourth-order valence-corrected chi connectivity index (χ4v) is 2.50. The summed E-state index contributed by atoms with van der Waals surface area (Å²) in [6, 6.07) is 10.5. The first-order valence-corrected chi connectivity index (χ1v) is 6.04. The van der Waals surface area contributed by atoms with Crippen molar-refractivity contribution in [3.05, 3.63) is 56.4 Å². The number of thiophene rings is 1. The maximum Gasteiger partial charge on any atom is 0.123 e. The first-order chi connectivity index (χ1) is 7.24. The summed E-state index contributed by atoms with van der Waals surface area (Å²) in [5.74, 6) is -0.203. The normalized spacial score (nSPS) is 11.1. The number of hydrogen-bond donors (Lipinski definition) is 0. The maximum atomic E-state index is 12.6. The molecule has 0 aliphatic heterocycles. The third-order valence-electron chi connectivity index (χ3n) is 1.90. The van der Waals surface area contributed by atoms with E-state index in [9.17, 15) is 4.39 Å². The lowest BCUT2D eigenvalue weighted by Gasteiger charge is -1.91. The van der Waals surface area contributed by atoms with Crippen LogP contribution in [0.4, 0.5) is 4.39 Å². The second kappa shape index (κ2) is 4.73. The Labute approximate surface area is 100 Å². The summed E-state index contributed by atoms with van der Waals surface area (Å²) >= 11 is 5.07. The van der Waals surface area contributed by atoms with E-state index in [1.165, 1.54) is 17.0 Å². The third kappa shape index (κ3) is 3.01. The molecule has 1 aromatic heterocycles. The molecule has 0 N–H and O–H groups in total. The molecular weight excluding hydrogens is 275 g/mol. The SMILES string of the molecule is Fc1ccc(C=Cc2ccc(Br)s2)cc1. The highest BCUT2D eigenvalue weighted by Crippen LogP contribution is 2.23. The van der Waals surface area contributed by atoms with Gasteiger partial charge in [-0.25, -0.2) is 4.39 Å². The van der Waals surface area contributed by atoms with E-state index in [0.717, 1.165) is 9.35 Å². The molecule has 0 amide bonds. The van der Waals surface area contributed by atoms with Crippen LogP contribution in [0.1, 0.15) is 10.4 Å². The van der Waals surface area contributed by atoms with Crippen LogP contribution >= 0.6 is 27.3 Å². The van der Waals surface area contributed by atoms with E-state index >= 15 is 0 Å². The smallest absolute Gasteiger partial charge is 0.123 e. The zero-order valence-corrected chi connectivity index (χ0v) is 10.2. The molecule has 0 spiro atoms. The summed E-state index contributed by atoms with van der Waals surface area (Å²) < 4.78 is 13.7. The molecule has 2 rings (SSSR count). The molecule has 0 fully saturated rings. The first kappa shape index (κ1) is 10.6. The molecule has 3 heteroatoms. The molecule has 15 heavy (non-hydrogen) atoms. The van der Waals surface area contributed by atoms with Crippen molar-refractivity contribution in [3.63, 3.8) is 0 Å². The minimum absolute atomic E-state index is 0.203. The van der Waals surface area contributed by atoms with Crippen molar-refractivity contribution in [1.29, 1.82) is 0 Å². The zero-order valence-electron chi connectivity index (χ0n) is 7.78. The predicted molar refractivity (Wildman–Crippen MR) is 67.3 cm³/mol. The maximum absolute atomic E-state index is 12.6. The van der Waals surface area contributed by atoms with Crippen LogP contribution in [0.3, 0.4) is 0 Å². The van der Waals surface area contributed by atoms with Gasteiger partial charge in [0.2, 0.25) is 0 Å². The first-order valence-electron chi connectivity index (χ1n) is 4.43. The summed E-state index contributed by atoms with van der Waals surface area (Å²) in [4.78, 5) is 1.17. The topological polar surface area (TPSA) is 0 Å². The van der Waals surface area contributed by atoms with E-state index in [-0.39, 0.29) is 5.82 Å². The van der Waals surface area contributed by atoms with Crippen LogP contribution in [0.5, 0.6) is 0 Å². The van der Waals surface area contributed by atoms with Crippen LogP contribution in [0.2, 0.25) is 0 Å². The van der Waals surface area contributed by atoms with E-state index < -0.39 is 0 Å². The van der Waals surface area contributed by atoms with Gasteiger partial charge in [0.15, 0.2) is 0 Å². The molecule has 0 radical (unpaired) electrons. The summed E-state index contributed by atoms with van der Waals surface area (Å²) in [6.45, 7) is 0. The Balaban J connectivity index is 2.14. The Hall–Kier alpha value is -0.930. The monoisotopic (exact) mass is 282 g/mol. The third-order valence-corrected chi connectivity index (χ3v) is 3.49. The van der Waals surface area contributed by atoms with Crippen LogP contribution in [0.25, 0.3) is 12.2 Å². The lowest BCUT2D eigenvalue weighted by atomic mass is 10.2. The molecule has 2 aromatic rings. The van der Waals surface area contributed by atoms with Crippen molar-refractivity contribution in [2.75, 3.05) is 0 Å². The summed E-state index contributed by atoms with van der Waals surface area (Å²) in [7, 11) is 0. The van der Waals surface area contributed by atoms with Gasteiger partial charge in [0, 0.05) is 4.88 Å². The van der Waals surface area contributed by atoms with Gasteiger partial charge in [-0.2, -0.15) is 0 Å². The van der Waals surface area contributed by atoms with Crippen LogP contribution in [0, 0.1) is 5.82 Å². The molecule has 0 nitrogen and oxygen atoms in total. The summed E-state index contributed by atoms with van der Waals surface area (Å²) in [5, 5.41) is 0. The average molecular weight is 283 g/mol. The van der Waals surface area contributed by atoms with Crippen LogP contribution in [-0.4, -0.2) is 0 Å². The molecule has 1 heterocycles. The van der Waals surface area contributed by atoms with Crippen LogP contribution in [-0.2, 0) is 0 Å². The molecule has 76 valence electrons. The fraction of sp³-hybridized carbons (Fsp3) is 0. The number of rotatable bonds is 2. The van der Waals surface area contributed by atoms with Gasteiger partial charge < -0.3 is 0 Å². The van der Waals surface area contributed by atoms with Crippen molar-refractivity contribution < 1.29 is 4.39 Å². The molecule has 0 saturated heterocycles. The lowest BCUT2D eigenvalue weighted by molar-refractivity contribution is 0.628. The number of halogens is 2. The Kier molecular flexibility index (Phi) is 3.34. The van der Waals surface area contributed by atoms with Gasteiger partial charge in [0.25, 0.3) is 0 Å². The summed E-state index contributed by atoms with van der Waals surface area (Å²) in [5.41, 5.74) is 1.00. The van der Waals surface area contributed by atoms with Gasteiger partial charge in [-0.15, -0.1) is 11.3 Å². The van der Waals surface area contributed by atoms with Gasteiger partial charge in [-0.05, 0) is 51.8 Å². The zero-order chi connectivity index (χ0) is 10.7. The van der Waals surface area contributed by atoms with Crippen molar-refractivity contribution >= 4 is 39.4 Å². The Bertz CT molecular complexity index is 471. The Morgan fingerprint density at radius 3 is 2.33 bits per heavy atom. The second-order valence-corrected chi connectivity index (χ2v) is 5.52. The van der Waals surface area contributed by atoms with Crippen LogP contribution < -0.4 is 0 Å². The Morgan fingerprint density at radius 1 is 1.00 bits per heavy atom. The molecule has 0 atom stereocenters. The van der Waals surface area contributed by atoms with Gasteiger partial charge in [-0.1, -0.05) is 18.2 Å². The van der Waals surface area contributed by atoms with Gasteiger partial charge in [-0.3, -0.25) is 0 Å². The highest BCUT2D eigenvalue weighted by molar-refractivity contribution is 9.11. The van der Waals surface area contributed by atoms with Crippen molar-refractivity contribution in [1.82, 2.24) is 0 Å². The van der Waals surface area contributed by atoms with E-state index in [2.05, 4.69) is 15.9 Å². The second-order valence-electron chi connectivity index (χ2n) is 3.03. The van der Waals surface area contributed by atoms with Crippen molar-refractivity contribution in [2.24, 2.45) is 0 Å². The Morgan fingerprint density at radius 2 is 1.73 bits per heavy atom. The molecule has 0 aliphatic rings. The molecular formula is C12H8BrFS. The lowest BCUT2D eigenvalue weighted by Crippen LogP contribution is -1.73. The standard InChI is InChI=1S/C12H8BrFS/c13-12-8-7-11(15-12)6-3-9-1-4-10(14)5-2-9/h1-8H. The van der Waals surface area contributed by atoms with Gasteiger partial charge in [0.1, 0.15) is 5.82 Å². The fourth-order valence-electron chi connectivity index (χ4n) is 1.17. The van der Waals surface area contributed by atoms with Gasteiger partial charge in [0.05, 0.1) is 3.79 Å². The molecule has 0 saturated carbocycles. The number of hydrogen-bond acceptors (Lipinski definition) is 1. The minimum Gasteiger partial charge on any atom is -0.207 e. The van der Waals surface area contributed by atoms with E-state index in [4.69, 9.17) is 0 Å². The number of benzene rings is 1. The minimum atomic E-state index is -0.203. The molecule has 0 bridgehead atoms.